The first-order chi connectivity index (χ1) is 10.5. The van der Waals surface area contributed by atoms with Gasteiger partial charge in [0.25, 0.3) is 0 Å². The maximum atomic E-state index is 13.9. The molecule has 5 nitrogen and oxygen atoms in total. The molecule has 0 amide bonds. The highest BCUT2D eigenvalue weighted by Gasteiger charge is 2.07. The highest BCUT2D eigenvalue weighted by molar-refractivity contribution is 5.99. The second-order valence-corrected chi connectivity index (χ2v) is 4.54. The van der Waals surface area contributed by atoms with Crippen molar-refractivity contribution in [2.45, 2.75) is 6.92 Å². The molecule has 2 N–H and O–H groups in total. The van der Waals surface area contributed by atoms with Crippen molar-refractivity contribution in [3.05, 3.63) is 59.4 Å². The van der Waals surface area contributed by atoms with Crippen molar-refractivity contribution in [3.8, 4) is 5.75 Å². The number of carboxylic acid groups (broad SMARTS) is 1. The zero-order chi connectivity index (χ0) is 16.1. The topological polar surface area (TPSA) is 70.9 Å². The van der Waals surface area contributed by atoms with Gasteiger partial charge in [-0.3, -0.25) is 5.43 Å². The van der Waals surface area contributed by atoms with Crippen LogP contribution in [-0.4, -0.2) is 23.9 Å². The van der Waals surface area contributed by atoms with Crippen molar-refractivity contribution in [1.29, 1.82) is 0 Å². The average molecular weight is 302 g/mol. The Morgan fingerprint density at radius 2 is 1.91 bits per heavy atom. The number of carboxylic acids is 1. The highest BCUT2D eigenvalue weighted by atomic mass is 19.1. The largest absolute Gasteiger partial charge is 0.497 e. The molecule has 0 atom stereocenters. The summed E-state index contributed by atoms with van der Waals surface area (Å²) >= 11 is 0. The maximum absolute atomic E-state index is 13.9. The molecule has 0 aromatic heterocycles. The molecular weight excluding hydrogens is 287 g/mol. The lowest BCUT2D eigenvalue weighted by atomic mass is 10.1. The Morgan fingerprint density at radius 3 is 2.45 bits per heavy atom. The van der Waals surface area contributed by atoms with Crippen LogP contribution in [0.2, 0.25) is 0 Å². The van der Waals surface area contributed by atoms with Gasteiger partial charge in [0.1, 0.15) is 11.6 Å². The van der Waals surface area contributed by atoms with E-state index in [4.69, 9.17) is 9.84 Å². The maximum Gasteiger partial charge on any atom is 0.335 e. The molecule has 0 spiro atoms. The van der Waals surface area contributed by atoms with Crippen LogP contribution < -0.4 is 10.2 Å². The lowest BCUT2D eigenvalue weighted by Gasteiger charge is -2.06. The van der Waals surface area contributed by atoms with E-state index in [2.05, 4.69) is 10.5 Å². The lowest BCUT2D eigenvalue weighted by molar-refractivity contribution is 0.0697. The van der Waals surface area contributed by atoms with E-state index in [1.54, 1.807) is 31.2 Å². The molecule has 2 aromatic carbocycles. The molecular formula is C16H15FN2O3. The van der Waals surface area contributed by atoms with Gasteiger partial charge >= 0.3 is 5.97 Å². The summed E-state index contributed by atoms with van der Waals surface area (Å²) in [7, 11) is 1.47. The minimum atomic E-state index is -0.994. The fraction of sp³-hybridized carbons (Fsp3) is 0.125. The van der Waals surface area contributed by atoms with Gasteiger partial charge in [0.15, 0.2) is 0 Å². The first kappa shape index (κ1) is 15.5. The Hall–Kier alpha value is -2.89. The summed E-state index contributed by atoms with van der Waals surface area (Å²) in [4.78, 5) is 10.8. The Bertz CT molecular complexity index is 712. The third kappa shape index (κ3) is 3.60. The number of hydrogen-bond donors (Lipinski definition) is 2. The Labute approximate surface area is 127 Å². The van der Waals surface area contributed by atoms with Crippen molar-refractivity contribution in [2.24, 2.45) is 5.10 Å². The number of ether oxygens (including phenoxy) is 1. The van der Waals surface area contributed by atoms with E-state index in [9.17, 15) is 9.18 Å². The van der Waals surface area contributed by atoms with E-state index >= 15 is 0 Å². The van der Waals surface area contributed by atoms with E-state index in [-0.39, 0.29) is 5.56 Å². The molecule has 0 heterocycles. The van der Waals surface area contributed by atoms with Gasteiger partial charge in [-0.2, -0.15) is 5.10 Å². The van der Waals surface area contributed by atoms with Crippen LogP contribution in [0.15, 0.2) is 47.6 Å². The van der Waals surface area contributed by atoms with Crippen molar-refractivity contribution >= 4 is 17.4 Å². The second kappa shape index (κ2) is 6.71. The molecule has 0 bridgehead atoms. The van der Waals surface area contributed by atoms with Gasteiger partial charge in [-0.15, -0.1) is 0 Å². The number of benzene rings is 2. The van der Waals surface area contributed by atoms with E-state index < -0.39 is 11.8 Å². The lowest BCUT2D eigenvalue weighted by Crippen LogP contribution is -2.03. The number of nitrogens with zero attached hydrogens (tertiary/aromatic N) is 1. The van der Waals surface area contributed by atoms with Gasteiger partial charge in [-0.05, 0) is 43.3 Å². The molecule has 114 valence electrons. The molecule has 0 fully saturated rings. The predicted octanol–water partition coefficient (Wildman–Crippen LogP) is 3.37. The summed E-state index contributed by atoms with van der Waals surface area (Å²) in [6, 6.07) is 10.6. The van der Waals surface area contributed by atoms with Crippen LogP contribution in [0.1, 0.15) is 22.8 Å². The summed E-state index contributed by atoms with van der Waals surface area (Å²) < 4.78 is 18.8. The summed E-state index contributed by atoms with van der Waals surface area (Å²) in [6.07, 6.45) is 0. The molecule has 2 aromatic rings. The van der Waals surface area contributed by atoms with E-state index in [0.717, 1.165) is 0 Å². The monoisotopic (exact) mass is 302 g/mol. The molecule has 0 unspecified atom stereocenters. The van der Waals surface area contributed by atoms with E-state index in [0.29, 0.717) is 22.7 Å². The smallest absolute Gasteiger partial charge is 0.335 e. The van der Waals surface area contributed by atoms with Gasteiger partial charge in [0.2, 0.25) is 0 Å². The third-order valence-corrected chi connectivity index (χ3v) is 3.05. The van der Waals surface area contributed by atoms with Gasteiger partial charge in [-0.25, -0.2) is 9.18 Å². The van der Waals surface area contributed by atoms with Crippen LogP contribution in [0, 0.1) is 5.82 Å². The Morgan fingerprint density at radius 1 is 1.23 bits per heavy atom. The van der Waals surface area contributed by atoms with Crippen molar-refractivity contribution in [1.82, 2.24) is 0 Å². The number of rotatable bonds is 5. The van der Waals surface area contributed by atoms with Crippen LogP contribution in [0.3, 0.4) is 0 Å². The quantitative estimate of drug-likeness (QED) is 0.656. The zero-order valence-corrected chi connectivity index (χ0v) is 12.1. The number of hydrazone groups is 1. The molecule has 0 aliphatic rings. The number of carbonyl (C=O) groups is 1. The molecule has 0 radical (unpaired) electrons. The number of hydrogen-bond acceptors (Lipinski definition) is 4. The number of anilines is 1. The molecule has 0 aliphatic heterocycles. The molecule has 6 heteroatoms. The second-order valence-electron chi connectivity index (χ2n) is 4.54. The van der Waals surface area contributed by atoms with Crippen LogP contribution >= 0.6 is 0 Å². The minimum absolute atomic E-state index is 0.187. The summed E-state index contributed by atoms with van der Waals surface area (Å²) in [5.41, 5.74) is 4.38. The van der Waals surface area contributed by atoms with Gasteiger partial charge in [0.05, 0.1) is 24.1 Å². The zero-order valence-electron chi connectivity index (χ0n) is 12.1. The molecule has 0 aliphatic carbocycles. The Kier molecular flexibility index (Phi) is 4.73. The number of aromatic carboxylic acids is 1. The third-order valence-electron chi connectivity index (χ3n) is 3.05. The number of nitrogens with one attached hydrogen (secondary N) is 1. The average Bonchev–Trinajstić information content (AvgIpc) is 2.52. The fourth-order valence-corrected chi connectivity index (χ4v) is 1.81. The summed E-state index contributed by atoms with van der Waals surface area (Å²) in [6.45, 7) is 1.67. The van der Waals surface area contributed by atoms with Crippen LogP contribution in [0.25, 0.3) is 0 Å². The first-order valence-electron chi connectivity index (χ1n) is 6.49. The number of methoxy groups -OCH3 is 1. The molecule has 0 saturated carbocycles. The molecule has 0 saturated heterocycles. The van der Waals surface area contributed by atoms with Gasteiger partial charge in [-0.1, -0.05) is 0 Å². The number of halogens is 1. The standard InChI is InChI=1S/C16H15FN2O3/c1-10(14-8-7-13(22-2)9-15(14)17)18-19-12-5-3-11(4-6-12)16(20)21/h3-9,19H,1-2H3,(H,20,21). The Balaban J connectivity index is 2.14. The predicted molar refractivity (Wildman–Crippen MR) is 82.2 cm³/mol. The fourth-order valence-electron chi connectivity index (χ4n) is 1.81. The van der Waals surface area contributed by atoms with Gasteiger partial charge in [0, 0.05) is 11.6 Å². The van der Waals surface area contributed by atoms with Crippen LogP contribution in [-0.2, 0) is 0 Å². The van der Waals surface area contributed by atoms with Crippen molar-refractivity contribution < 1.29 is 19.0 Å². The summed E-state index contributed by atoms with van der Waals surface area (Å²) in [5.74, 6) is -0.985. The van der Waals surface area contributed by atoms with Gasteiger partial charge < -0.3 is 9.84 Å². The van der Waals surface area contributed by atoms with E-state index in [1.165, 1.54) is 25.3 Å². The molecule has 2 rings (SSSR count). The van der Waals surface area contributed by atoms with E-state index in [1.807, 2.05) is 0 Å². The van der Waals surface area contributed by atoms with Crippen molar-refractivity contribution in [2.75, 3.05) is 12.5 Å². The first-order valence-corrected chi connectivity index (χ1v) is 6.49. The normalized spacial score (nSPS) is 11.1. The van der Waals surface area contributed by atoms with Crippen molar-refractivity contribution in [3.63, 3.8) is 0 Å². The van der Waals surface area contributed by atoms with Crippen LogP contribution in [0.4, 0.5) is 10.1 Å². The SMILES string of the molecule is COc1ccc(C(C)=NNc2ccc(C(=O)O)cc2)c(F)c1. The minimum Gasteiger partial charge on any atom is -0.497 e. The highest BCUT2D eigenvalue weighted by Crippen LogP contribution is 2.17. The van der Waals surface area contributed by atoms with Crippen LogP contribution in [0.5, 0.6) is 5.75 Å². The molecule has 22 heavy (non-hydrogen) atoms. The summed E-state index contributed by atoms with van der Waals surface area (Å²) in [5, 5.41) is 12.9.